The highest BCUT2D eigenvalue weighted by atomic mass is 19.4. The number of methoxy groups -OCH3 is 1. The first kappa shape index (κ1) is 37.6. The van der Waals surface area contributed by atoms with Crippen molar-refractivity contribution in [2.75, 3.05) is 39.0 Å². The molecular weight excluding hydrogens is 653 g/mol. The summed E-state index contributed by atoms with van der Waals surface area (Å²) in [6, 6.07) is 1.45. The third-order valence-corrected chi connectivity index (χ3v) is 7.89. The lowest BCUT2D eigenvalue weighted by molar-refractivity contribution is -0.214. The van der Waals surface area contributed by atoms with Crippen LogP contribution in [0.25, 0.3) is 5.70 Å². The van der Waals surface area contributed by atoms with Crippen LogP contribution in [0.15, 0.2) is 29.5 Å². The van der Waals surface area contributed by atoms with E-state index in [1.807, 2.05) is 0 Å². The van der Waals surface area contributed by atoms with Gasteiger partial charge in [0.25, 0.3) is 0 Å². The van der Waals surface area contributed by atoms with Crippen LogP contribution >= 0.6 is 0 Å². The van der Waals surface area contributed by atoms with Gasteiger partial charge in [0.2, 0.25) is 0 Å². The number of rotatable bonds is 9. The number of primary amides is 1. The Kier molecular flexibility index (Phi) is 12.3. The summed E-state index contributed by atoms with van der Waals surface area (Å²) < 4.78 is 63.6. The average Bonchev–Trinajstić information content (AvgIpc) is 3.10. The summed E-state index contributed by atoms with van der Waals surface area (Å²) >= 11 is 0. The van der Waals surface area contributed by atoms with Gasteiger partial charge in [-0.2, -0.15) is 18.3 Å². The van der Waals surface area contributed by atoms with E-state index in [1.165, 1.54) is 12.0 Å². The van der Waals surface area contributed by atoms with Crippen molar-refractivity contribution < 1.29 is 51.3 Å². The molecule has 49 heavy (non-hydrogen) atoms. The molecule has 2 atom stereocenters. The number of urea groups is 1. The van der Waals surface area contributed by atoms with Gasteiger partial charge in [0, 0.05) is 49.7 Å². The topological polar surface area (TPSA) is 166 Å². The molecule has 0 aromatic heterocycles. The van der Waals surface area contributed by atoms with Gasteiger partial charge in [0.1, 0.15) is 17.3 Å². The van der Waals surface area contributed by atoms with Gasteiger partial charge in [-0.25, -0.2) is 19.2 Å². The number of ether oxygens (including phenoxy) is 4. The summed E-state index contributed by atoms with van der Waals surface area (Å²) in [6.45, 7) is 7.02. The molecule has 1 aromatic rings. The van der Waals surface area contributed by atoms with Crippen molar-refractivity contribution in [3.63, 3.8) is 0 Å². The zero-order chi connectivity index (χ0) is 35.9. The number of likely N-dealkylation sites (tertiary alicyclic amines) is 1. The number of esters is 1. The first-order valence-corrected chi connectivity index (χ1v) is 16.0. The highest BCUT2D eigenvalue weighted by molar-refractivity contribution is 5.82. The third-order valence-electron chi connectivity index (χ3n) is 7.89. The number of anilines is 1. The summed E-state index contributed by atoms with van der Waals surface area (Å²) in [7, 11) is 1.35. The van der Waals surface area contributed by atoms with E-state index < -0.39 is 41.6 Å². The largest absolute Gasteiger partial charge is 0.464 e. The second kappa shape index (κ2) is 16.0. The van der Waals surface area contributed by atoms with Gasteiger partial charge in [0.05, 0.1) is 18.9 Å². The molecule has 0 aliphatic carbocycles. The molecule has 272 valence electrons. The average molecular weight is 699 g/mol. The maximum atomic E-state index is 13.9. The third kappa shape index (κ3) is 9.70. The summed E-state index contributed by atoms with van der Waals surface area (Å²) in [5, 5.41) is 7.01. The number of allylic oxidation sites excluding steroid dienone is 3. The Morgan fingerprint density at radius 1 is 1.16 bits per heavy atom. The predicted molar refractivity (Wildman–Crippen MR) is 171 cm³/mol. The first-order chi connectivity index (χ1) is 23.1. The molecule has 1 saturated heterocycles. The van der Waals surface area contributed by atoms with Crippen molar-refractivity contribution in [1.29, 1.82) is 0 Å². The normalized spacial score (nSPS) is 20.0. The minimum atomic E-state index is -4.69. The number of piperidine rings is 1. The van der Waals surface area contributed by atoms with Gasteiger partial charge in [-0.1, -0.05) is 6.07 Å². The van der Waals surface area contributed by atoms with Crippen LogP contribution in [0.1, 0.15) is 70.1 Å². The Balaban J connectivity index is 1.78. The van der Waals surface area contributed by atoms with Gasteiger partial charge < -0.3 is 35.3 Å². The van der Waals surface area contributed by atoms with Gasteiger partial charge in [-0.15, -0.1) is 0 Å². The fourth-order valence-corrected chi connectivity index (χ4v) is 5.84. The Hall–Kier alpha value is -4.22. The number of hydrogen-bond acceptors (Lipinski definition) is 11. The number of halogens is 3. The Labute approximate surface area is 283 Å². The number of alkyl halides is 3. The SMILES string of the molecule is CCOC(=O)[C@@H]1CC[C@@H](Nc2ccc3c(c2CNC(N)=O)COCCCC2=C3N(OCOC)NC(C(F)(F)F)=C2)CN1C(=O)OC(C)(C)C. The van der Waals surface area contributed by atoms with E-state index in [2.05, 4.69) is 16.1 Å². The number of carbonyl (C=O) groups is 3. The first-order valence-electron chi connectivity index (χ1n) is 16.0. The van der Waals surface area contributed by atoms with Crippen LogP contribution in [0.2, 0.25) is 0 Å². The molecule has 1 fully saturated rings. The predicted octanol–water partition coefficient (Wildman–Crippen LogP) is 4.42. The molecule has 0 unspecified atom stereocenters. The van der Waals surface area contributed by atoms with Crippen LogP contribution in [0.5, 0.6) is 0 Å². The molecule has 14 nitrogen and oxygen atoms in total. The van der Waals surface area contributed by atoms with E-state index >= 15 is 0 Å². The minimum Gasteiger partial charge on any atom is -0.464 e. The van der Waals surface area contributed by atoms with Crippen molar-refractivity contribution in [3.8, 4) is 0 Å². The molecule has 0 radical (unpaired) electrons. The summed E-state index contributed by atoms with van der Waals surface area (Å²) in [5.41, 5.74) is 8.81. The van der Waals surface area contributed by atoms with Crippen LogP contribution < -0.4 is 21.8 Å². The highest BCUT2D eigenvalue weighted by Crippen LogP contribution is 2.40. The molecular formula is C32H45F3N6O8. The number of nitrogens with zero attached hydrogens (tertiary/aromatic N) is 2. The van der Waals surface area contributed by atoms with E-state index in [-0.39, 0.29) is 52.2 Å². The van der Waals surface area contributed by atoms with Gasteiger partial charge in [-0.05, 0) is 76.7 Å². The maximum Gasteiger partial charge on any atom is 0.432 e. The van der Waals surface area contributed by atoms with E-state index in [0.29, 0.717) is 52.9 Å². The molecule has 3 heterocycles. The number of fused-ring (bicyclic) bond motifs is 2. The van der Waals surface area contributed by atoms with Crippen molar-refractivity contribution in [3.05, 3.63) is 46.2 Å². The van der Waals surface area contributed by atoms with Crippen LogP contribution in [0.4, 0.5) is 28.4 Å². The molecule has 0 spiro atoms. The van der Waals surface area contributed by atoms with Crippen LogP contribution in [0.3, 0.4) is 0 Å². The minimum absolute atomic E-state index is 0.0466. The maximum absolute atomic E-state index is 13.9. The van der Waals surface area contributed by atoms with E-state index in [1.54, 1.807) is 39.8 Å². The molecule has 0 saturated carbocycles. The number of benzene rings is 1. The number of amides is 3. The number of nitrogens with two attached hydrogens (primary N) is 1. The lowest BCUT2D eigenvalue weighted by Crippen LogP contribution is -2.55. The Morgan fingerprint density at radius 2 is 1.92 bits per heavy atom. The van der Waals surface area contributed by atoms with Crippen molar-refractivity contribution in [1.82, 2.24) is 20.8 Å². The van der Waals surface area contributed by atoms with Gasteiger partial charge in [0.15, 0.2) is 6.79 Å². The Morgan fingerprint density at radius 3 is 2.57 bits per heavy atom. The molecule has 3 aliphatic rings. The van der Waals surface area contributed by atoms with E-state index in [0.717, 1.165) is 11.2 Å². The van der Waals surface area contributed by atoms with Crippen LogP contribution in [-0.4, -0.2) is 85.7 Å². The monoisotopic (exact) mass is 698 g/mol. The molecule has 0 bridgehead atoms. The lowest BCUT2D eigenvalue weighted by atomic mass is 9.92. The lowest BCUT2D eigenvalue weighted by Gasteiger charge is -2.39. The van der Waals surface area contributed by atoms with E-state index in [4.69, 9.17) is 29.5 Å². The standard InChI is InChI=1S/C32H45F3N6O8/c1-6-47-28(42)25-12-9-20(16-40(25)30(44)49-31(2,3)4)38-24-11-10-21-23(22(24)15-37-29(36)43)17-46-13-7-8-19-14-26(32(33,34)35)39-41(27(19)21)48-18-45-5/h10-11,14,20,25,38-39H,6-9,12-13,15-18H2,1-5H3,(H3,36,37,43)/t20-,25+/m1/s1. The summed E-state index contributed by atoms with van der Waals surface area (Å²) in [5.74, 6) is -0.527. The molecule has 5 N–H and O–H groups in total. The smallest absolute Gasteiger partial charge is 0.432 e. The number of hydrogen-bond donors (Lipinski definition) is 4. The second-order valence-electron chi connectivity index (χ2n) is 12.7. The number of nitrogens with one attached hydrogen (secondary N) is 3. The van der Waals surface area contributed by atoms with E-state index in [9.17, 15) is 27.6 Å². The molecule has 17 heteroatoms. The van der Waals surface area contributed by atoms with Gasteiger partial charge >= 0.3 is 24.3 Å². The summed E-state index contributed by atoms with van der Waals surface area (Å²) in [4.78, 5) is 45.0. The molecule has 3 amide bonds. The fourth-order valence-electron chi connectivity index (χ4n) is 5.84. The van der Waals surface area contributed by atoms with Crippen LogP contribution in [0, 0.1) is 0 Å². The number of carbonyl (C=O) groups excluding carboxylic acids is 3. The second-order valence-corrected chi connectivity index (χ2v) is 12.7. The molecule has 3 aliphatic heterocycles. The number of hydrazine groups is 1. The van der Waals surface area contributed by atoms with Gasteiger partial charge in [-0.3, -0.25) is 10.3 Å². The van der Waals surface area contributed by atoms with Crippen molar-refractivity contribution in [2.45, 2.75) is 90.4 Å². The zero-order valence-corrected chi connectivity index (χ0v) is 28.3. The fraction of sp³-hybridized carbons (Fsp3) is 0.594. The van der Waals surface area contributed by atoms with Crippen molar-refractivity contribution >= 4 is 29.5 Å². The molecule has 1 aromatic carbocycles. The zero-order valence-electron chi connectivity index (χ0n) is 28.3. The van der Waals surface area contributed by atoms with Crippen LogP contribution in [-0.2, 0) is 41.7 Å². The Bertz CT molecular complexity index is 1440. The molecule has 4 rings (SSSR count). The summed E-state index contributed by atoms with van der Waals surface area (Å²) in [6.07, 6.45) is -2.85. The quantitative estimate of drug-likeness (QED) is 0.213. The highest BCUT2D eigenvalue weighted by Gasteiger charge is 2.41. The number of hydroxylamine groups is 1. The van der Waals surface area contributed by atoms with Crippen molar-refractivity contribution in [2.24, 2.45) is 5.73 Å².